The van der Waals surface area contributed by atoms with Crippen molar-refractivity contribution in [3.8, 4) is 0 Å². The van der Waals surface area contributed by atoms with Crippen LogP contribution in [0.5, 0.6) is 0 Å². The molecule has 0 aliphatic carbocycles. The van der Waals surface area contributed by atoms with Gasteiger partial charge in [-0.25, -0.2) is 9.79 Å². The van der Waals surface area contributed by atoms with E-state index in [0.717, 1.165) is 54.8 Å². The lowest BCUT2D eigenvalue weighted by atomic mass is 10.0. The quantitative estimate of drug-likeness (QED) is 0.707. The van der Waals surface area contributed by atoms with Gasteiger partial charge in [-0.3, -0.25) is 15.0 Å². The van der Waals surface area contributed by atoms with Crippen molar-refractivity contribution >= 4 is 29.5 Å². The zero-order valence-electron chi connectivity index (χ0n) is 20.4. The van der Waals surface area contributed by atoms with Crippen molar-refractivity contribution < 1.29 is 9.59 Å². The normalized spacial score (nSPS) is 22.9. The van der Waals surface area contributed by atoms with Crippen LogP contribution in [0.25, 0.3) is 0 Å². The minimum absolute atomic E-state index is 0.292. The number of fused-ring (bicyclic) bond motifs is 1. The number of guanidine groups is 1. The van der Waals surface area contributed by atoms with Crippen LogP contribution in [-0.2, 0) is 17.9 Å². The van der Waals surface area contributed by atoms with E-state index in [1.54, 1.807) is 7.05 Å². The Hall–Kier alpha value is -3.10. The molecule has 3 heterocycles. The molecule has 9 heteroatoms. The van der Waals surface area contributed by atoms with E-state index in [9.17, 15) is 9.59 Å². The number of hydrogen-bond acceptors (Lipinski definition) is 6. The van der Waals surface area contributed by atoms with E-state index in [0.29, 0.717) is 6.54 Å². The summed E-state index contributed by atoms with van der Waals surface area (Å²) in [6.45, 7) is 8.80. The van der Waals surface area contributed by atoms with Gasteiger partial charge in [0.15, 0.2) is 18.2 Å². The molecule has 2 fully saturated rings. The highest BCUT2D eigenvalue weighted by Gasteiger charge is 2.49. The van der Waals surface area contributed by atoms with Gasteiger partial charge in [-0.15, -0.1) is 0 Å². The molecule has 1 N–H and O–H groups in total. The summed E-state index contributed by atoms with van der Waals surface area (Å²) >= 11 is 6.37. The minimum atomic E-state index is -0.547. The number of rotatable bonds is 4. The zero-order chi connectivity index (χ0) is 24.7. The second kappa shape index (κ2) is 9.51. The van der Waals surface area contributed by atoms with Gasteiger partial charge in [0.05, 0.1) is 0 Å². The number of carbonyl (C=O) groups excluding carboxylic acids is 2. The lowest BCUT2D eigenvalue weighted by molar-refractivity contribution is -0.127. The molecule has 184 valence electrons. The van der Waals surface area contributed by atoms with Crippen molar-refractivity contribution in [1.29, 1.82) is 0 Å². The van der Waals surface area contributed by atoms with Crippen molar-refractivity contribution in [2.45, 2.75) is 39.1 Å². The van der Waals surface area contributed by atoms with E-state index in [2.05, 4.69) is 58.1 Å². The third-order valence-electron chi connectivity index (χ3n) is 7.19. The Morgan fingerprint density at radius 3 is 2.49 bits per heavy atom. The molecule has 8 nitrogen and oxygen atoms in total. The molecule has 0 aromatic heterocycles. The van der Waals surface area contributed by atoms with Crippen molar-refractivity contribution in [1.82, 2.24) is 24.9 Å². The summed E-state index contributed by atoms with van der Waals surface area (Å²) < 4.78 is 0. The third-order valence-corrected chi connectivity index (χ3v) is 7.56. The van der Waals surface area contributed by atoms with Gasteiger partial charge >= 0.3 is 6.03 Å². The fraction of sp³-hybridized carbons (Fsp3) is 0.423. The lowest BCUT2D eigenvalue weighted by Gasteiger charge is -2.40. The molecule has 0 spiro atoms. The van der Waals surface area contributed by atoms with Crippen LogP contribution in [0.1, 0.15) is 22.3 Å². The molecule has 2 atom stereocenters. The second-order valence-electron chi connectivity index (χ2n) is 9.61. The number of aliphatic imine (C=N–C) groups is 1. The molecule has 0 bridgehead atoms. The molecular weight excluding hydrogens is 464 g/mol. The SMILES string of the molecule is Cc1ccc(C)c(CN2C(N3CCN(Cc4ccccc4Cl)CC3)=NC3C2C(=O)NC(=O)N3C)c1. The molecule has 35 heavy (non-hydrogen) atoms. The number of benzene rings is 2. The highest BCUT2D eigenvalue weighted by atomic mass is 35.5. The van der Waals surface area contributed by atoms with Gasteiger partial charge in [0.2, 0.25) is 0 Å². The Morgan fingerprint density at radius 2 is 1.74 bits per heavy atom. The summed E-state index contributed by atoms with van der Waals surface area (Å²) in [7, 11) is 1.70. The fourth-order valence-corrected chi connectivity index (χ4v) is 5.27. The van der Waals surface area contributed by atoms with Gasteiger partial charge in [-0.05, 0) is 36.6 Å². The summed E-state index contributed by atoms with van der Waals surface area (Å²) in [5.74, 6) is 0.495. The first-order valence-corrected chi connectivity index (χ1v) is 12.4. The van der Waals surface area contributed by atoms with Crippen LogP contribution in [0.15, 0.2) is 47.5 Å². The smallest absolute Gasteiger partial charge is 0.325 e. The first-order valence-electron chi connectivity index (χ1n) is 12.0. The first kappa shape index (κ1) is 23.6. The summed E-state index contributed by atoms with van der Waals surface area (Å²) in [5.41, 5.74) is 4.63. The number of piperazine rings is 1. The number of imide groups is 1. The summed E-state index contributed by atoms with van der Waals surface area (Å²) in [6.07, 6.45) is -0.530. The van der Waals surface area contributed by atoms with Crippen LogP contribution < -0.4 is 5.32 Å². The van der Waals surface area contributed by atoms with Crippen molar-refractivity contribution in [2.75, 3.05) is 33.2 Å². The highest BCUT2D eigenvalue weighted by Crippen LogP contribution is 2.29. The standard InChI is InChI=1S/C26H31ClN6O2/c1-17-8-9-18(2)20(14-17)16-33-22-23(30(3)26(35)29-24(22)34)28-25(33)32-12-10-31(11-13-32)15-19-6-4-5-7-21(19)27/h4-9,14,22-23H,10-13,15-16H2,1-3H3,(H,29,34,35). The number of hydrogen-bond donors (Lipinski definition) is 1. The largest absolute Gasteiger partial charge is 0.340 e. The van der Waals surface area contributed by atoms with Crippen LogP contribution >= 0.6 is 11.6 Å². The van der Waals surface area contributed by atoms with Crippen LogP contribution in [0.4, 0.5) is 4.79 Å². The lowest BCUT2D eigenvalue weighted by Crippen LogP contribution is -2.64. The van der Waals surface area contributed by atoms with Crippen molar-refractivity contribution in [3.63, 3.8) is 0 Å². The predicted molar refractivity (Wildman–Crippen MR) is 136 cm³/mol. The number of aryl methyl sites for hydroxylation is 2. The Bertz CT molecular complexity index is 1180. The number of amides is 3. The van der Waals surface area contributed by atoms with Crippen molar-refractivity contribution in [2.24, 2.45) is 4.99 Å². The van der Waals surface area contributed by atoms with E-state index >= 15 is 0 Å². The number of nitrogens with zero attached hydrogens (tertiary/aromatic N) is 5. The molecule has 3 amide bonds. The maximum absolute atomic E-state index is 13.0. The minimum Gasteiger partial charge on any atom is -0.340 e. The zero-order valence-corrected chi connectivity index (χ0v) is 21.1. The van der Waals surface area contributed by atoms with E-state index in [4.69, 9.17) is 16.6 Å². The topological polar surface area (TPSA) is 71.5 Å². The molecule has 2 aromatic rings. The van der Waals surface area contributed by atoms with Gasteiger partial charge in [0.1, 0.15) is 0 Å². The number of nitrogens with one attached hydrogen (secondary N) is 1. The fourth-order valence-electron chi connectivity index (χ4n) is 5.07. The molecule has 3 aliphatic heterocycles. The number of carbonyl (C=O) groups is 2. The second-order valence-corrected chi connectivity index (χ2v) is 10.0. The molecule has 2 unspecified atom stereocenters. The predicted octanol–water partition coefficient (Wildman–Crippen LogP) is 2.82. The molecule has 0 radical (unpaired) electrons. The maximum Gasteiger partial charge on any atom is 0.325 e. The van der Waals surface area contributed by atoms with Gasteiger partial charge in [0.25, 0.3) is 5.91 Å². The Labute approximate surface area is 211 Å². The average Bonchev–Trinajstić information content (AvgIpc) is 3.22. The Balaban J connectivity index is 1.37. The van der Waals surface area contributed by atoms with Gasteiger partial charge in [0, 0.05) is 51.3 Å². The molecule has 3 aliphatic rings. The van der Waals surface area contributed by atoms with Crippen LogP contribution in [0.3, 0.4) is 0 Å². The van der Waals surface area contributed by atoms with Crippen molar-refractivity contribution in [3.05, 3.63) is 69.7 Å². The number of urea groups is 1. The van der Waals surface area contributed by atoms with Crippen LogP contribution in [0, 0.1) is 13.8 Å². The molecule has 2 saturated heterocycles. The van der Waals surface area contributed by atoms with E-state index in [-0.39, 0.29) is 5.91 Å². The molecule has 0 saturated carbocycles. The molecule has 5 rings (SSSR count). The summed E-state index contributed by atoms with van der Waals surface area (Å²) in [5, 5.41) is 3.29. The summed E-state index contributed by atoms with van der Waals surface area (Å²) in [4.78, 5) is 38.5. The van der Waals surface area contributed by atoms with Gasteiger partial charge in [-0.1, -0.05) is 53.6 Å². The van der Waals surface area contributed by atoms with Gasteiger partial charge in [-0.2, -0.15) is 0 Å². The van der Waals surface area contributed by atoms with E-state index < -0.39 is 18.2 Å². The van der Waals surface area contributed by atoms with Crippen LogP contribution in [-0.4, -0.2) is 82.9 Å². The first-order chi connectivity index (χ1) is 16.8. The third kappa shape index (κ3) is 4.60. The number of halogens is 1. The van der Waals surface area contributed by atoms with Gasteiger partial charge < -0.3 is 14.7 Å². The summed E-state index contributed by atoms with van der Waals surface area (Å²) in [6, 6.07) is 13.4. The monoisotopic (exact) mass is 494 g/mol. The maximum atomic E-state index is 13.0. The molecule has 2 aromatic carbocycles. The molecular formula is C26H31ClN6O2. The Kier molecular flexibility index (Phi) is 6.42. The van der Waals surface area contributed by atoms with Crippen LogP contribution in [0.2, 0.25) is 5.02 Å². The Morgan fingerprint density at radius 1 is 1.00 bits per heavy atom. The number of likely N-dealkylation sites (N-methyl/N-ethyl adjacent to an activating group) is 1. The van der Waals surface area contributed by atoms with E-state index in [1.807, 2.05) is 18.2 Å². The highest BCUT2D eigenvalue weighted by molar-refractivity contribution is 6.31. The average molecular weight is 495 g/mol. The van der Waals surface area contributed by atoms with E-state index in [1.165, 1.54) is 16.0 Å².